The topological polar surface area (TPSA) is 33.2 Å². The van der Waals surface area contributed by atoms with Gasteiger partial charge in [-0.25, -0.2) is 9.37 Å². The van der Waals surface area contributed by atoms with Crippen LogP contribution in [0.2, 0.25) is 5.15 Å². The van der Waals surface area contributed by atoms with Crippen LogP contribution in [-0.4, -0.2) is 17.9 Å². The van der Waals surface area contributed by atoms with Gasteiger partial charge in [0.2, 0.25) is 0 Å². The number of carbonyl (C=O) groups excluding carboxylic acids is 1. The highest BCUT2D eigenvalue weighted by atomic mass is 35.5. The quantitative estimate of drug-likeness (QED) is 0.788. The molecule has 3 nitrogen and oxygen atoms in total. The third kappa shape index (κ3) is 2.90. The van der Waals surface area contributed by atoms with Crippen LogP contribution in [0.4, 0.5) is 10.1 Å². The highest BCUT2D eigenvalue weighted by molar-refractivity contribution is 6.33. The Kier molecular flexibility index (Phi) is 3.81. The molecule has 0 bridgehead atoms. The first-order valence-electron chi connectivity index (χ1n) is 5.65. The summed E-state index contributed by atoms with van der Waals surface area (Å²) in [4.78, 5) is 17.3. The van der Waals surface area contributed by atoms with Crippen molar-refractivity contribution in [2.75, 3.05) is 11.9 Å². The molecule has 1 aromatic carbocycles. The second-order valence-electron chi connectivity index (χ2n) is 4.19. The molecule has 0 radical (unpaired) electrons. The molecule has 0 unspecified atom stereocenters. The van der Waals surface area contributed by atoms with Crippen molar-refractivity contribution < 1.29 is 9.18 Å². The van der Waals surface area contributed by atoms with Crippen molar-refractivity contribution >= 4 is 23.2 Å². The summed E-state index contributed by atoms with van der Waals surface area (Å²) in [5.74, 6) is -0.995. The van der Waals surface area contributed by atoms with E-state index in [9.17, 15) is 9.18 Å². The standard InChI is InChI=1S/C14H12ClFN2O/c1-9-3-5-11(6-4-9)18(2)14(19)12-7-10(16)8-17-13(12)15/h3-8H,1-2H3. The molecule has 0 aliphatic carbocycles. The van der Waals surface area contributed by atoms with E-state index >= 15 is 0 Å². The molecule has 98 valence electrons. The largest absolute Gasteiger partial charge is 0.311 e. The monoisotopic (exact) mass is 278 g/mol. The first kappa shape index (κ1) is 13.5. The summed E-state index contributed by atoms with van der Waals surface area (Å²) in [6.07, 6.45) is 0.977. The lowest BCUT2D eigenvalue weighted by Gasteiger charge is -2.18. The molecule has 0 fully saturated rings. The molecule has 2 rings (SSSR count). The molecule has 0 saturated heterocycles. The lowest BCUT2D eigenvalue weighted by molar-refractivity contribution is 0.0992. The molecule has 19 heavy (non-hydrogen) atoms. The van der Waals surface area contributed by atoms with Crippen LogP contribution >= 0.6 is 11.6 Å². The van der Waals surface area contributed by atoms with Gasteiger partial charge in [-0.1, -0.05) is 29.3 Å². The number of carbonyl (C=O) groups is 1. The van der Waals surface area contributed by atoms with Gasteiger partial charge in [0.15, 0.2) is 0 Å². The van der Waals surface area contributed by atoms with Gasteiger partial charge in [-0.05, 0) is 25.1 Å². The lowest BCUT2D eigenvalue weighted by Crippen LogP contribution is -2.26. The number of benzene rings is 1. The zero-order chi connectivity index (χ0) is 14.0. The summed E-state index contributed by atoms with van der Waals surface area (Å²) in [5.41, 5.74) is 1.84. The van der Waals surface area contributed by atoms with Crippen molar-refractivity contribution in [1.29, 1.82) is 0 Å². The summed E-state index contributed by atoms with van der Waals surface area (Å²) in [6.45, 7) is 1.96. The van der Waals surface area contributed by atoms with Crippen molar-refractivity contribution in [1.82, 2.24) is 4.98 Å². The summed E-state index contributed by atoms with van der Waals surface area (Å²) in [5, 5.41) is -0.00892. The van der Waals surface area contributed by atoms with Crippen molar-refractivity contribution in [3.8, 4) is 0 Å². The Morgan fingerprint density at radius 3 is 2.58 bits per heavy atom. The molecule has 0 aliphatic rings. The molecule has 0 N–H and O–H groups in total. The normalized spacial score (nSPS) is 10.3. The smallest absolute Gasteiger partial charge is 0.261 e. The molecule has 0 aliphatic heterocycles. The van der Waals surface area contributed by atoms with Crippen molar-refractivity contribution in [3.63, 3.8) is 0 Å². The number of anilines is 1. The molecule has 1 heterocycles. The number of nitrogens with zero attached hydrogens (tertiary/aromatic N) is 2. The van der Waals surface area contributed by atoms with Crippen LogP contribution in [0, 0.1) is 12.7 Å². The number of aryl methyl sites for hydroxylation is 1. The van der Waals surface area contributed by atoms with E-state index < -0.39 is 11.7 Å². The molecule has 0 atom stereocenters. The van der Waals surface area contributed by atoms with Crippen molar-refractivity contribution in [3.05, 3.63) is 58.6 Å². The molecule has 1 amide bonds. The molecule has 0 saturated carbocycles. The Hall–Kier alpha value is -1.94. The van der Waals surface area contributed by atoms with Gasteiger partial charge in [-0.3, -0.25) is 4.79 Å². The Morgan fingerprint density at radius 2 is 1.95 bits per heavy atom. The number of hydrogen-bond acceptors (Lipinski definition) is 2. The average molecular weight is 279 g/mol. The minimum atomic E-state index is -0.593. The number of hydrogen-bond donors (Lipinski definition) is 0. The minimum Gasteiger partial charge on any atom is -0.311 e. The predicted octanol–water partition coefficient (Wildman–Crippen LogP) is 3.46. The van der Waals surface area contributed by atoms with Crippen LogP contribution < -0.4 is 4.90 Å². The van der Waals surface area contributed by atoms with Gasteiger partial charge in [0, 0.05) is 12.7 Å². The molecule has 5 heteroatoms. The Morgan fingerprint density at radius 1 is 1.32 bits per heavy atom. The van der Waals surface area contributed by atoms with Crippen LogP contribution in [0.1, 0.15) is 15.9 Å². The van der Waals surface area contributed by atoms with Crippen molar-refractivity contribution in [2.45, 2.75) is 6.92 Å². The fraction of sp³-hybridized carbons (Fsp3) is 0.143. The third-order valence-corrected chi connectivity index (χ3v) is 3.06. The highest BCUT2D eigenvalue weighted by Gasteiger charge is 2.18. The maximum atomic E-state index is 13.1. The van der Waals surface area contributed by atoms with Crippen LogP contribution in [-0.2, 0) is 0 Å². The maximum Gasteiger partial charge on any atom is 0.261 e. The molecule has 1 aromatic heterocycles. The van der Waals surface area contributed by atoms with Gasteiger partial charge in [0.1, 0.15) is 11.0 Å². The number of halogens is 2. The predicted molar refractivity (Wildman–Crippen MR) is 73.1 cm³/mol. The van der Waals surface area contributed by atoms with Crippen LogP contribution in [0.25, 0.3) is 0 Å². The van der Waals surface area contributed by atoms with E-state index in [4.69, 9.17) is 11.6 Å². The first-order chi connectivity index (χ1) is 8.99. The highest BCUT2D eigenvalue weighted by Crippen LogP contribution is 2.20. The zero-order valence-corrected chi connectivity index (χ0v) is 11.3. The first-order valence-corrected chi connectivity index (χ1v) is 6.02. The number of amides is 1. The lowest BCUT2D eigenvalue weighted by atomic mass is 10.2. The van der Waals surface area contributed by atoms with Gasteiger partial charge >= 0.3 is 0 Å². The molecule has 0 spiro atoms. The number of rotatable bonds is 2. The molecular formula is C14H12ClFN2O. The Balaban J connectivity index is 2.33. The van der Waals surface area contributed by atoms with Crippen LogP contribution in [0.15, 0.2) is 36.5 Å². The van der Waals surface area contributed by atoms with E-state index in [2.05, 4.69) is 4.98 Å². The van der Waals surface area contributed by atoms with E-state index in [1.807, 2.05) is 31.2 Å². The van der Waals surface area contributed by atoms with E-state index in [1.165, 1.54) is 4.90 Å². The summed E-state index contributed by atoms with van der Waals surface area (Å²) in [7, 11) is 1.61. The fourth-order valence-electron chi connectivity index (χ4n) is 1.64. The minimum absolute atomic E-state index is 0.00892. The maximum absolute atomic E-state index is 13.1. The van der Waals surface area contributed by atoms with E-state index in [-0.39, 0.29) is 10.7 Å². The van der Waals surface area contributed by atoms with Crippen LogP contribution in [0.5, 0.6) is 0 Å². The van der Waals surface area contributed by atoms with Crippen molar-refractivity contribution in [2.24, 2.45) is 0 Å². The number of aromatic nitrogens is 1. The van der Waals surface area contributed by atoms with E-state index in [1.54, 1.807) is 7.05 Å². The third-order valence-electron chi connectivity index (χ3n) is 2.76. The Bertz CT molecular complexity index is 613. The second-order valence-corrected chi connectivity index (χ2v) is 4.55. The Labute approximate surface area is 115 Å². The van der Waals surface area contributed by atoms with Gasteiger partial charge in [-0.2, -0.15) is 0 Å². The van der Waals surface area contributed by atoms with Crippen LogP contribution in [0.3, 0.4) is 0 Å². The van der Waals surface area contributed by atoms with Gasteiger partial charge in [0.25, 0.3) is 5.91 Å². The second kappa shape index (κ2) is 5.36. The molecule has 2 aromatic rings. The van der Waals surface area contributed by atoms with Gasteiger partial charge < -0.3 is 4.90 Å². The number of pyridine rings is 1. The average Bonchev–Trinajstić information content (AvgIpc) is 2.41. The van der Waals surface area contributed by atoms with Gasteiger partial charge in [0.05, 0.1) is 11.8 Å². The van der Waals surface area contributed by atoms with E-state index in [0.29, 0.717) is 5.69 Å². The SMILES string of the molecule is Cc1ccc(N(C)C(=O)c2cc(F)cnc2Cl)cc1. The summed E-state index contributed by atoms with van der Waals surface area (Å²) >= 11 is 5.82. The molecular weight excluding hydrogens is 267 g/mol. The summed E-state index contributed by atoms with van der Waals surface area (Å²) < 4.78 is 13.1. The fourth-order valence-corrected chi connectivity index (χ4v) is 1.82. The van der Waals surface area contributed by atoms with Gasteiger partial charge in [-0.15, -0.1) is 0 Å². The van der Waals surface area contributed by atoms with E-state index in [0.717, 1.165) is 17.8 Å². The zero-order valence-electron chi connectivity index (χ0n) is 10.5. The summed E-state index contributed by atoms with van der Waals surface area (Å²) in [6, 6.07) is 8.50.